The van der Waals surface area contributed by atoms with Crippen molar-refractivity contribution in [1.29, 1.82) is 0 Å². The Bertz CT molecular complexity index is 583. The number of rotatable bonds is 3. The molecule has 0 saturated heterocycles. The van der Waals surface area contributed by atoms with E-state index < -0.39 is 5.97 Å². The average molecular weight is 251 g/mol. The van der Waals surface area contributed by atoms with Crippen LogP contribution in [0.5, 0.6) is 0 Å². The van der Waals surface area contributed by atoms with E-state index in [1.165, 1.54) is 6.92 Å². The van der Waals surface area contributed by atoms with Gasteiger partial charge in [0.1, 0.15) is 0 Å². The summed E-state index contributed by atoms with van der Waals surface area (Å²) in [6.07, 6.45) is 0. The summed E-state index contributed by atoms with van der Waals surface area (Å²) >= 11 is 1.64. The predicted octanol–water partition coefficient (Wildman–Crippen LogP) is 1.91. The Hall–Kier alpha value is -1.82. The number of thiophene rings is 1. The lowest BCUT2D eigenvalue weighted by molar-refractivity contribution is -0.140. The Morgan fingerprint density at radius 3 is 3.06 bits per heavy atom. The van der Waals surface area contributed by atoms with E-state index in [2.05, 4.69) is 9.99 Å². The molecule has 2 heterocycles. The van der Waals surface area contributed by atoms with Gasteiger partial charge in [0.05, 0.1) is 15.9 Å². The van der Waals surface area contributed by atoms with Crippen LogP contribution in [-0.2, 0) is 16.2 Å². The summed E-state index contributed by atoms with van der Waals surface area (Å²) in [6.45, 7) is 4.10. The molecule has 0 aliphatic rings. The summed E-state index contributed by atoms with van der Waals surface area (Å²) < 4.78 is 3.18. The molecule has 0 bridgehead atoms. The van der Waals surface area contributed by atoms with Gasteiger partial charge in [0.15, 0.2) is 5.84 Å². The largest absolute Gasteiger partial charge is 0.379 e. The van der Waals surface area contributed by atoms with Gasteiger partial charge in [0.2, 0.25) is 0 Å². The van der Waals surface area contributed by atoms with Gasteiger partial charge in [-0.25, -0.2) is 4.79 Å². The molecule has 0 aromatic carbocycles. The maximum Gasteiger partial charge on any atom is 0.332 e. The lowest BCUT2D eigenvalue weighted by Gasteiger charge is -2.05. The Kier molecular flexibility index (Phi) is 3.14. The zero-order chi connectivity index (χ0) is 12.4. The summed E-state index contributed by atoms with van der Waals surface area (Å²) in [5, 5.41) is 5.63. The molecule has 0 saturated carbocycles. The number of hydrogen-bond acceptors (Lipinski definition) is 4. The van der Waals surface area contributed by atoms with Crippen LogP contribution < -0.4 is 5.73 Å². The molecule has 5 nitrogen and oxygen atoms in total. The normalized spacial score (nSPS) is 12.0. The molecular weight excluding hydrogens is 238 g/mol. The van der Waals surface area contributed by atoms with Gasteiger partial charge in [-0.15, -0.1) is 11.3 Å². The van der Waals surface area contributed by atoms with Crippen LogP contribution in [0.15, 0.2) is 22.7 Å². The molecule has 2 aromatic heterocycles. The second-order valence-corrected chi connectivity index (χ2v) is 4.45. The monoisotopic (exact) mass is 251 g/mol. The van der Waals surface area contributed by atoms with Crippen molar-refractivity contribution >= 4 is 33.4 Å². The van der Waals surface area contributed by atoms with Crippen LogP contribution in [0.2, 0.25) is 0 Å². The molecule has 0 radical (unpaired) electrons. The van der Waals surface area contributed by atoms with Gasteiger partial charge >= 0.3 is 5.97 Å². The molecule has 17 heavy (non-hydrogen) atoms. The van der Waals surface area contributed by atoms with E-state index >= 15 is 0 Å². The molecule has 0 atom stereocenters. The Morgan fingerprint density at radius 2 is 2.41 bits per heavy atom. The van der Waals surface area contributed by atoms with Gasteiger partial charge in [0, 0.05) is 13.5 Å². The highest BCUT2D eigenvalue weighted by Gasteiger charge is 2.12. The number of fused-ring (bicyclic) bond motifs is 1. The number of aryl methyl sites for hydroxylation is 1. The first-order chi connectivity index (χ1) is 8.13. The molecule has 2 N–H and O–H groups in total. The van der Waals surface area contributed by atoms with Crippen LogP contribution >= 0.6 is 11.3 Å². The highest BCUT2D eigenvalue weighted by Crippen LogP contribution is 2.25. The van der Waals surface area contributed by atoms with E-state index in [1.54, 1.807) is 11.3 Å². The molecule has 0 spiro atoms. The number of nitrogens with two attached hydrogens (primary N) is 1. The van der Waals surface area contributed by atoms with Crippen LogP contribution in [0.1, 0.15) is 19.5 Å². The summed E-state index contributed by atoms with van der Waals surface area (Å²) in [5.41, 5.74) is 7.69. The summed E-state index contributed by atoms with van der Waals surface area (Å²) in [7, 11) is 0. The molecule has 90 valence electrons. The standard InChI is InChI=1S/C11H13N3O2S/c1-3-14-8-4-5-17-10(8)6-9(14)11(12)13-16-7(2)15/h4-6H,3H2,1-2H3,(H2,12,13). The van der Waals surface area contributed by atoms with Crippen LogP contribution in [0.4, 0.5) is 0 Å². The fourth-order valence-corrected chi connectivity index (χ4v) is 2.51. The van der Waals surface area contributed by atoms with E-state index in [0.717, 1.165) is 22.5 Å². The van der Waals surface area contributed by atoms with Crippen LogP contribution in [0.25, 0.3) is 10.2 Å². The molecule has 0 amide bonds. The fraction of sp³-hybridized carbons (Fsp3) is 0.273. The van der Waals surface area contributed by atoms with Crippen molar-refractivity contribution in [3.8, 4) is 0 Å². The first kappa shape index (κ1) is 11.7. The highest BCUT2D eigenvalue weighted by atomic mass is 32.1. The van der Waals surface area contributed by atoms with Crippen molar-refractivity contribution in [1.82, 2.24) is 4.57 Å². The number of carbonyl (C=O) groups excluding carboxylic acids is 1. The molecule has 6 heteroatoms. The van der Waals surface area contributed by atoms with Gasteiger partial charge in [-0.1, -0.05) is 5.16 Å². The van der Waals surface area contributed by atoms with E-state index in [-0.39, 0.29) is 5.84 Å². The minimum absolute atomic E-state index is 0.213. The molecule has 0 aliphatic heterocycles. The Balaban J connectivity index is 2.43. The minimum Gasteiger partial charge on any atom is -0.379 e. The number of hydrogen-bond donors (Lipinski definition) is 1. The Morgan fingerprint density at radius 1 is 1.65 bits per heavy atom. The van der Waals surface area contributed by atoms with Gasteiger partial charge in [-0.2, -0.15) is 0 Å². The lowest BCUT2D eigenvalue weighted by atomic mass is 10.4. The first-order valence-corrected chi connectivity index (χ1v) is 6.09. The number of aromatic nitrogens is 1. The van der Waals surface area contributed by atoms with Crippen molar-refractivity contribution in [2.24, 2.45) is 10.9 Å². The molecule has 0 fully saturated rings. The SMILES string of the molecule is CCn1c(C(N)=NOC(C)=O)cc2sccc21. The summed E-state index contributed by atoms with van der Waals surface area (Å²) in [5.74, 6) is -0.269. The maximum atomic E-state index is 10.7. The number of nitrogens with zero attached hydrogens (tertiary/aromatic N) is 2. The van der Waals surface area contributed by atoms with Crippen LogP contribution in [-0.4, -0.2) is 16.4 Å². The van der Waals surface area contributed by atoms with Crippen LogP contribution in [0, 0.1) is 0 Å². The van der Waals surface area contributed by atoms with Crippen molar-refractivity contribution in [2.45, 2.75) is 20.4 Å². The second-order valence-electron chi connectivity index (χ2n) is 3.50. The third kappa shape index (κ3) is 2.16. The van der Waals surface area contributed by atoms with E-state index in [4.69, 9.17) is 5.73 Å². The summed E-state index contributed by atoms with van der Waals surface area (Å²) in [6, 6.07) is 3.98. The number of amidine groups is 1. The molecule has 2 aromatic rings. The van der Waals surface area contributed by atoms with E-state index in [1.807, 2.05) is 29.0 Å². The van der Waals surface area contributed by atoms with Crippen molar-refractivity contribution in [3.05, 3.63) is 23.2 Å². The topological polar surface area (TPSA) is 69.6 Å². The smallest absolute Gasteiger partial charge is 0.332 e. The molecular formula is C11H13N3O2S. The van der Waals surface area contributed by atoms with E-state index in [9.17, 15) is 4.79 Å². The minimum atomic E-state index is -0.482. The van der Waals surface area contributed by atoms with Gasteiger partial charge in [-0.3, -0.25) is 0 Å². The third-order valence-corrected chi connectivity index (χ3v) is 3.23. The number of oxime groups is 1. The number of carbonyl (C=O) groups is 1. The predicted molar refractivity (Wildman–Crippen MR) is 68.0 cm³/mol. The second kappa shape index (κ2) is 4.58. The molecule has 2 rings (SSSR count). The molecule has 0 unspecified atom stereocenters. The maximum absolute atomic E-state index is 10.7. The van der Waals surface area contributed by atoms with Gasteiger partial charge in [-0.05, 0) is 24.4 Å². The van der Waals surface area contributed by atoms with Crippen molar-refractivity contribution < 1.29 is 9.63 Å². The zero-order valence-electron chi connectivity index (χ0n) is 9.64. The third-order valence-electron chi connectivity index (χ3n) is 2.37. The Labute approximate surface area is 102 Å². The quantitative estimate of drug-likeness (QED) is 0.392. The van der Waals surface area contributed by atoms with E-state index in [0.29, 0.717) is 0 Å². The first-order valence-electron chi connectivity index (χ1n) is 5.21. The zero-order valence-corrected chi connectivity index (χ0v) is 10.5. The fourth-order valence-electron chi connectivity index (χ4n) is 1.69. The molecule has 0 aliphatic carbocycles. The van der Waals surface area contributed by atoms with Crippen molar-refractivity contribution in [3.63, 3.8) is 0 Å². The van der Waals surface area contributed by atoms with Crippen molar-refractivity contribution in [2.75, 3.05) is 0 Å². The summed E-state index contributed by atoms with van der Waals surface area (Å²) in [4.78, 5) is 15.2. The van der Waals surface area contributed by atoms with Crippen LogP contribution in [0.3, 0.4) is 0 Å². The van der Waals surface area contributed by atoms with Gasteiger partial charge in [0.25, 0.3) is 0 Å². The van der Waals surface area contributed by atoms with Gasteiger partial charge < -0.3 is 15.1 Å². The highest BCUT2D eigenvalue weighted by molar-refractivity contribution is 7.17. The lowest BCUT2D eigenvalue weighted by Crippen LogP contribution is -2.19. The average Bonchev–Trinajstić information content (AvgIpc) is 2.84.